The second kappa shape index (κ2) is 11.3. The van der Waals surface area contributed by atoms with Crippen LogP contribution in [0.5, 0.6) is 11.6 Å². The van der Waals surface area contributed by atoms with Gasteiger partial charge in [-0.15, -0.1) is 6.42 Å². The van der Waals surface area contributed by atoms with Crippen LogP contribution in [0.2, 0.25) is 0 Å². The number of hydrogen-bond acceptors (Lipinski definition) is 5. The molecule has 0 spiro atoms. The van der Waals surface area contributed by atoms with Gasteiger partial charge in [0, 0.05) is 18.2 Å². The minimum Gasteiger partial charge on any atom is -0.435 e. The van der Waals surface area contributed by atoms with Crippen molar-refractivity contribution in [3.63, 3.8) is 0 Å². The Hall–Kier alpha value is -4.44. The molecule has 1 aromatic heterocycles. The van der Waals surface area contributed by atoms with E-state index in [1.165, 1.54) is 24.3 Å². The van der Waals surface area contributed by atoms with E-state index in [0.717, 1.165) is 36.6 Å². The number of pyridine rings is 1. The van der Waals surface area contributed by atoms with Crippen LogP contribution in [0.15, 0.2) is 54.6 Å². The lowest BCUT2D eigenvalue weighted by Crippen LogP contribution is -2.20. The molecule has 0 unspecified atom stereocenters. The highest BCUT2D eigenvalue weighted by Gasteiger charge is 2.33. The third-order valence-corrected chi connectivity index (χ3v) is 5.27. The van der Waals surface area contributed by atoms with Gasteiger partial charge in [0.15, 0.2) is 11.6 Å². The van der Waals surface area contributed by atoms with Gasteiger partial charge in [-0.05, 0) is 48.0 Å². The van der Waals surface area contributed by atoms with Gasteiger partial charge in [0.05, 0.1) is 17.5 Å². The number of rotatable bonds is 8. The van der Waals surface area contributed by atoms with Crippen molar-refractivity contribution in [2.45, 2.75) is 12.7 Å². The number of nitrogens with one attached hydrogen (secondary N) is 2. The van der Waals surface area contributed by atoms with Gasteiger partial charge in [-0.25, -0.2) is 22.2 Å². The summed E-state index contributed by atoms with van der Waals surface area (Å²) >= 11 is 0. The van der Waals surface area contributed by atoms with Crippen LogP contribution in [-0.2, 0) is 27.5 Å². The minimum absolute atomic E-state index is 0.0618. The first-order chi connectivity index (χ1) is 17.8. The van der Waals surface area contributed by atoms with Gasteiger partial charge in [-0.2, -0.15) is 13.2 Å². The molecule has 198 valence electrons. The number of ether oxygens (including phenoxy) is 1. The lowest BCUT2D eigenvalue weighted by Gasteiger charge is -2.12. The lowest BCUT2D eigenvalue weighted by atomic mass is 10.1. The zero-order valence-electron chi connectivity index (χ0n) is 19.4. The summed E-state index contributed by atoms with van der Waals surface area (Å²) in [5, 5.41) is 2.43. The SMILES string of the molecule is C#Cc1cc(CNC(=O)C=Cc2ccc(C(F)(F)F)nc2Oc2ccccc2F)cc(F)c1NS(C)(=O)=O. The molecule has 0 aliphatic carbocycles. The Morgan fingerprint density at radius 2 is 1.84 bits per heavy atom. The van der Waals surface area contributed by atoms with Crippen LogP contribution >= 0.6 is 0 Å². The summed E-state index contributed by atoms with van der Waals surface area (Å²) in [5.74, 6) is -1.35. The molecule has 3 rings (SSSR count). The van der Waals surface area contributed by atoms with E-state index in [2.05, 4.69) is 16.2 Å². The minimum atomic E-state index is -4.80. The Morgan fingerprint density at radius 1 is 1.13 bits per heavy atom. The highest BCUT2D eigenvalue weighted by Crippen LogP contribution is 2.33. The molecule has 2 N–H and O–H groups in total. The van der Waals surface area contributed by atoms with Crippen molar-refractivity contribution < 1.29 is 39.9 Å². The molecular weight excluding hydrogens is 533 g/mol. The third kappa shape index (κ3) is 7.53. The maximum absolute atomic E-state index is 14.4. The molecule has 38 heavy (non-hydrogen) atoms. The van der Waals surface area contributed by atoms with Crippen LogP contribution in [-0.4, -0.2) is 25.6 Å². The molecule has 0 aliphatic heterocycles. The molecule has 0 radical (unpaired) electrons. The molecule has 13 heteroatoms. The highest BCUT2D eigenvalue weighted by atomic mass is 32.2. The van der Waals surface area contributed by atoms with Crippen molar-refractivity contribution in [2.24, 2.45) is 0 Å². The number of carbonyl (C=O) groups is 1. The molecular formula is C25H18F5N3O4S. The van der Waals surface area contributed by atoms with Crippen LogP contribution in [0.3, 0.4) is 0 Å². The third-order valence-electron chi connectivity index (χ3n) is 4.70. The summed E-state index contributed by atoms with van der Waals surface area (Å²) in [6.07, 6.45) is 3.41. The lowest BCUT2D eigenvalue weighted by molar-refractivity contribution is -0.141. The molecule has 0 atom stereocenters. The summed E-state index contributed by atoms with van der Waals surface area (Å²) in [7, 11) is -3.80. The van der Waals surface area contributed by atoms with Gasteiger partial charge in [0.2, 0.25) is 21.8 Å². The fourth-order valence-electron chi connectivity index (χ4n) is 3.03. The number of anilines is 1. The van der Waals surface area contributed by atoms with E-state index in [9.17, 15) is 35.2 Å². The van der Waals surface area contributed by atoms with Gasteiger partial charge in [-0.1, -0.05) is 18.1 Å². The summed E-state index contributed by atoms with van der Waals surface area (Å²) < 4.78 is 97.9. The Morgan fingerprint density at radius 3 is 2.47 bits per heavy atom. The van der Waals surface area contributed by atoms with Gasteiger partial charge < -0.3 is 10.1 Å². The number of hydrogen-bond donors (Lipinski definition) is 2. The number of amides is 1. The summed E-state index contributed by atoms with van der Waals surface area (Å²) in [4.78, 5) is 15.7. The van der Waals surface area contributed by atoms with Crippen molar-refractivity contribution >= 4 is 27.7 Å². The zero-order valence-corrected chi connectivity index (χ0v) is 20.3. The first-order valence-corrected chi connectivity index (χ1v) is 12.4. The molecule has 0 bridgehead atoms. The van der Waals surface area contributed by atoms with Crippen LogP contribution in [0.1, 0.15) is 22.4 Å². The van der Waals surface area contributed by atoms with E-state index in [1.54, 1.807) is 0 Å². The fourth-order valence-corrected chi connectivity index (χ4v) is 3.61. The van der Waals surface area contributed by atoms with E-state index in [0.29, 0.717) is 6.07 Å². The number of alkyl halides is 3. The first-order valence-electron chi connectivity index (χ1n) is 10.5. The number of nitrogens with zero attached hydrogens (tertiary/aromatic N) is 1. The average Bonchev–Trinajstić information content (AvgIpc) is 2.83. The van der Waals surface area contributed by atoms with E-state index in [4.69, 9.17) is 11.2 Å². The largest absolute Gasteiger partial charge is 0.435 e. The van der Waals surface area contributed by atoms with E-state index in [1.807, 2.05) is 4.72 Å². The van der Waals surface area contributed by atoms with Crippen LogP contribution in [0.4, 0.5) is 27.6 Å². The Bertz CT molecular complexity index is 1550. The monoisotopic (exact) mass is 551 g/mol. The van der Waals surface area contributed by atoms with Gasteiger partial charge in [0.25, 0.3) is 0 Å². The van der Waals surface area contributed by atoms with Crippen LogP contribution in [0, 0.1) is 24.0 Å². The summed E-state index contributed by atoms with van der Waals surface area (Å²) in [6.45, 7) is -0.224. The van der Waals surface area contributed by atoms with Gasteiger partial charge in [0.1, 0.15) is 11.5 Å². The molecule has 0 saturated carbocycles. The Labute approximate surface area is 214 Å². The van der Waals surface area contributed by atoms with Crippen molar-refractivity contribution in [1.82, 2.24) is 10.3 Å². The van der Waals surface area contributed by atoms with Crippen LogP contribution < -0.4 is 14.8 Å². The molecule has 1 heterocycles. The van der Waals surface area contributed by atoms with E-state index < -0.39 is 51.0 Å². The average molecular weight is 551 g/mol. The van der Waals surface area contributed by atoms with E-state index in [-0.39, 0.29) is 29.0 Å². The van der Waals surface area contributed by atoms with Crippen molar-refractivity contribution in [1.29, 1.82) is 0 Å². The zero-order chi connectivity index (χ0) is 28.1. The number of carbonyl (C=O) groups excluding carboxylic acids is 1. The molecule has 0 saturated heterocycles. The second-order valence-corrected chi connectivity index (χ2v) is 9.44. The van der Waals surface area contributed by atoms with Crippen LogP contribution in [0.25, 0.3) is 6.08 Å². The second-order valence-electron chi connectivity index (χ2n) is 7.69. The molecule has 0 fully saturated rings. The highest BCUT2D eigenvalue weighted by molar-refractivity contribution is 7.92. The number of halogens is 5. The topological polar surface area (TPSA) is 97.4 Å². The first kappa shape index (κ1) is 28.1. The smallest absolute Gasteiger partial charge is 0.433 e. The normalized spacial score (nSPS) is 11.7. The number of aromatic nitrogens is 1. The molecule has 2 aromatic carbocycles. The number of sulfonamides is 1. The van der Waals surface area contributed by atoms with Gasteiger partial charge >= 0.3 is 6.18 Å². The summed E-state index contributed by atoms with van der Waals surface area (Å²) in [5.41, 5.74) is -1.65. The Balaban J connectivity index is 1.79. The maximum atomic E-state index is 14.4. The predicted octanol–water partition coefficient (Wildman–Crippen LogP) is 4.85. The summed E-state index contributed by atoms with van der Waals surface area (Å²) in [6, 6.07) is 8.94. The predicted molar refractivity (Wildman–Crippen MR) is 129 cm³/mol. The van der Waals surface area contributed by atoms with Gasteiger partial charge in [-0.3, -0.25) is 9.52 Å². The number of benzene rings is 2. The quantitative estimate of drug-likeness (QED) is 0.237. The molecule has 1 amide bonds. The molecule has 3 aromatic rings. The van der Waals surface area contributed by atoms with Crippen molar-refractivity contribution in [3.8, 4) is 24.0 Å². The van der Waals surface area contributed by atoms with E-state index >= 15 is 0 Å². The van der Waals surface area contributed by atoms with Crippen molar-refractivity contribution in [2.75, 3.05) is 11.0 Å². The standard InChI is InChI=1S/C25H18F5N3O4S/c1-3-16-12-15(13-19(27)23(16)33-38(2,35)36)14-31-22(34)11-9-17-8-10-21(25(28,29)30)32-24(17)37-20-7-5-4-6-18(20)26/h1,4-13,33H,14H2,2H3,(H,31,34). The Kier molecular flexibility index (Phi) is 8.37. The molecule has 7 nitrogen and oxygen atoms in total. The number of para-hydroxylation sites is 1. The molecule has 0 aliphatic rings. The fraction of sp³-hybridized carbons (Fsp3) is 0.120. The van der Waals surface area contributed by atoms with Crippen molar-refractivity contribution in [3.05, 3.63) is 88.6 Å². The maximum Gasteiger partial charge on any atom is 0.433 e. The number of terminal acetylenes is 1.